The van der Waals surface area contributed by atoms with Crippen molar-refractivity contribution in [2.45, 2.75) is 26.5 Å². The molecule has 0 fully saturated rings. The fourth-order valence-electron chi connectivity index (χ4n) is 5.53. The van der Waals surface area contributed by atoms with E-state index in [1.165, 1.54) is 24.3 Å². The van der Waals surface area contributed by atoms with Crippen LogP contribution in [-0.4, -0.2) is 23.9 Å². The molecule has 0 spiro atoms. The minimum atomic E-state index is -3.76. The Kier molecular flexibility index (Phi) is 10.2. The Bertz CT molecular complexity index is 2570. The number of hydrogen-bond acceptors (Lipinski definition) is 8. The van der Waals surface area contributed by atoms with Gasteiger partial charge < -0.3 is 18.9 Å². The SMILES string of the molecule is COc1ccc(Oc2ccc(S(=O)(=O)c3ccc(Oc4ccc(-c5ccc(Oc6ccc(S(=O)(=O)c7ccc(C)cc7)cc6)cc5)cc4)cc3)cc2)cc1. The predicted molar refractivity (Wildman–Crippen MR) is 207 cm³/mol. The zero-order valence-electron chi connectivity index (χ0n) is 29.2. The first-order chi connectivity index (χ1) is 26.1. The zero-order chi connectivity index (χ0) is 37.7. The smallest absolute Gasteiger partial charge is 0.206 e. The Hall–Kier alpha value is -6.36. The molecule has 0 aromatic heterocycles. The van der Waals surface area contributed by atoms with Gasteiger partial charge in [-0.15, -0.1) is 0 Å². The maximum absolute atomic E-state index is 13.3. The van der Waals surface area contributed by atoms with Gasteiger partial charge in [0.2, 0.25) is 19.7 Å². The van der Waals surface area contributed by atoms with Crippen molar-refractivity contribution in [3.8, 4) is 51.4 Å². The molecule has 7 aromatic carbocycles. The van der Waals surface area contributed by atoms with Gasteiger partial charge in [-0.05, 0) is 152 Å². The molecule has 270 valence electrons. The van der Waals surface area contributed by atoms with Gasteiger partial charge in [0.25, 0.3) is 0 Å². The summed E-state index contributed by atoms with van der Waals surface area (Å²) in [5, 5.41) is 0. The van der Waals surface area contributed by atoms with Crippen molar-refractivity contribution < 1.29 is 35.8 Å². The summed E-state index contributed by atoms with van der Waals surface area (Å²) in [7, 11) is -5.79. The van der Waals surface area contributed by atoms with Crippen LogP contribution in [0.4, 0.5) is 0 Å². The van der Waals surface area contributed by atoms with E-state index in [-0.39, 0.29) is 19.6 Å². The van der Waals surface area contributed by atoms with Gasteiger partial charge in [0.15, 0.2) is 0 Å². The molecule has 0 atom stereocenters. The Morgan fingerprint density at radius 3 is 0.815 bits per heavy atom. The summed E-state index contributed by atoms with van der Waals surface area (Å²) in [6.07, 6.45) is 0. The summed E-state index contributed by atoms with van der Waals surface area (Å²) in [6, 6.07) is 47.9. The van der Waals surface area contributed by atoms with E-state index in [2.05, 4.69) is 0 Å². The fraction of sp³-hybridized carbons (Fsp3) is 0.0455. The van der Waals surface area contributed by atoms with E-state index in [1.807, 2.05) is 55.5 Å². The van der Waals surface area contributed by atoms with Crippen molar-refractivity contribution in [3.63, 3.8) is 0 Å². The second-order valence-electron chi connectivity index (χ2n) is 12.3. The molecule has 0 radical (unpaired) electrons. The monoisotopic (exact) mass is 754 g/mol. The van der Waals surface area contributed by atoms with Crippen LogP contribution < -0.4 is 18.9 Å². The minimum Gasteiger partial charge on any atom is -0.497 e. The Morgan fingerprint density at radius 1 is 0.315 bits per heavy atom. The molecule has 0 unspecified atom stereocenters. The maximum Gasteiger partial charge on any atom is 0.206 e. The highest BCUT2D eigenvalue weighted by atomic mass is 32.2. The number of rotatable bonds is 12. The van der Waals surface area contributed by atoms with Crippen LogP contribution >= 0.6 is 0 Å². The number of aryl methyl sites for hydroxylation is 1. The first-order valence-electron chi connectivity index (χ1n) is 16.8. The highest BCUT2D eigenvalue weighted by Crippen LogP contribution is 2.32. The van der Waals surface area contributed by atoms with Crippen molar-refractivity contribution in [1.82, 2.24) is 0 Å². The van der Waals surface area contributed by atoms with E-state index in [4.69, 9.17) is 18.9 Å². The molecule has 0 bridgehead atoms. The van der Waals surface area contributed by atoms with Gasteiger partial charge in [-0.2, -0.15) is 0 Å². The van der Waals surface area contributed by atoms with Crippen LogP contribution in [0.2, 0.25) is 0 Å². The first kappa shape index (κ1) is 36.0. The molecule has 0 aliphatic carbocycles. The molecule has 54 heavy (non-hydrogen) atoms. The standard InChI is InChI=1S/C44H34O8S2/c1-31-3-23-41(24-4-31)53(45,46)42-25-17-38(18-26-42)50-35-9-5-32(6-10-35)33-7-11-36(12-8-33)51-39-19-27-43(28-20-39)54(47,48)44-29-21-40(22-30-44)52-37-15-13-34(49-2)14-16-37/h3-30H,1-2H3. The topological polar surface area (TPSA) is 105 Å². The molecule has 0 heterocycles. The minimum absolute atomic E-state index is 0.143. The van der Waals surface area contributed by atoms with Crippen molar-refractivity contribution in [2.24, 2.45) is 0 Å². The molecule has 0 amide bonds. The average Bonchev–Trinajstić information content (AvgIpc) is 3.20. The summed E-state index contributed by atoms with van der Waals surface area (Å²) in [5.41, 5.74) is 2.91. The highest BCUT2D eigenvalue weighted by molar-refractivity contribution is 7.91. The number of sulfone groups is 2. The second-order valence-corrected chi connectivity index (χ2v) is 16.2. The van der Waals surface area contributed by atoms with Crippen LogP contribution in [0.15, 0.2) is 189 Å². The molecule has 0 aliphatic rings. The van der Waals surface area contributed by atoms with Crippen LogP contribution in [-0.2, 0) is 19.7 Å². The Morgan fingerprint density at radius 2 is 0.537 bits per heavy atom. The molecule has 0 aliphatic heterocycles. The van der Waals surface area contributed by atoms with Crippen molar-refractivity contribution >= 4 is 19.7 Å². The quantitative estimate of drug-likeness (QED) is 0.121. The lowest BCUT2D eigenvalue weighted by molar-refractivity contribution is 0.413. The molecular weight excluding hydrogens is 721 g/mol. The van der Waals surface area contributed by atoms with E-state index < -0.39 is 19.7 Å². The van der Waals surface area contributed by atoms with Crippen molar-refractivity contribution in [3.05, 3.63) is 175 Å². The third kappa shape index (κ3) is 8.15. The Balaban J connectivity index is 0.940. The van der Waals surface area contributed by atoms with E-state index in [9.17, 15) is 16.8 Å². The molecule has 7 rings (SSSR count). The lowest BCUT2D eigenvalue weighted by Gasteiger charge is -2.10. The lowest BCUT2D eigenvalue weighted by atomic mass is 10.1. The normalized spacial score (nSPS) is 11.4. The molecule has 10 heteroatoms. The molecular formula is C44H34O8S2. The molecule has 0 N–H and O–H groups in total. The summed E-state index contributed by atoms with van der Waals surface area (Å²) >= 11 is 0. The van der Waals surface area contributed by atoms with Crippen LogP contribution in [0.1, 0.15) is 5.56 Å². The largest absolute Gasteiger partial charge is 0.497 e. The third-order valence-electron chi connectivity index (χ3n) is 8.54. The first-order valence-corrected chi connectivity index (χ1v) is 19.8. The summed E-state index contributed by atoms with van der Waals surface area (Å²) < 4.78 is 75.5. The van der Waals surface area contributed by atoms with Gasteiger partial charge in [-0.1, -0.05) is 42.0 Å². The zero-order valence-corrected chi connectivity index (χ0v) is 30.9. The molecule has 7 aromatic rings. The number of benzene rings is 7. The average molecular weight is 755 g/mol. The van der Waals surface area contributed by atoms with Gasteiger partial charge >= 0.3 is 0 Å². The van der Waals surface area contributed by atoms with Crippen LogP contribution in [0.3, 0.4) is 0 Å². The number of ether oxygens (including phenoxy) is 4. The lowest BCUT2D eigenvalue weighted by Crippen LogP contribution is -2.01. The number of hydrogen-bond donors (Lipinski definition) is 0. The van der Waals surface area contributed by atoms with Gasteiger partial charge in [-0.3, -0.25) is 0 Å². The summed E-state index contributed by atoms with van der Waals surface area (Å²) in [6.45, 7) is 1.91. The fourth-order valence-corrected chi connectivity index (χ4v) is 8.05. The maximum atomic E-state index is 13.3. The van der Waals surface area contributed by atoms with E-state index in [0.29, 0.717) is 40.2 Å². The molecule has 0 saturated heterocycles. The number of methoxy groups -OCH3 is 1. The van der Waals surface area contributed by atoms with Crippen molar-refractivity contribution in [1.29, 1.82) is 0 Å². The Labute approximate surface area is 314 Å². The van der Waals surface area contributed by atoms with Crippen LogP contribution in [0.25, 0.3) is 11.1 Å². The van der Waals surface area contributed by atoms with Gasteiger partial charge in [-0.25, -0.2) is 16.8 Å². The van der Waals surface area contributed by atoms with Gasteiger partial charge in [0, 0.05) is 0 Å². The summed E-state index contributed by atoms with van der Waals surface area (Å²) in [4.78, 5) is 0.733. The van der Waals surface area contributed by atoms with Crippen molar-refractivity contribution in [2.75, 3.05) is 7.11 Å². The highest BCUT2D eigenvalue weighted by Gasteiger charge is 2.19. The third-order valence-corrected chi connectivity index (χ3v) is 12.1. The van der Waals surface area contributed by atoms with E-state index >= 15 is 0 Å². The van der Waals surface area contributed by atoms with Crippen LogP contribution in [0, 0.1) is 6.92 Å². The van der Waals surface area contributed by atoms with E-state index in [0.717, 1.165) is 16.7 Å². The van der Waals surface area contributed by atoms with Gasteiger partial charge in [0.05, 0.1) is 26.7 Å². The predicted octanol–water partition coefficient (Wildman–Crippen LogP) is 10.7. The van der Waals surface area contributed by atoms with Crippen LogP contribution in [0.5, 0.6) is 40.2 Å². The molecule has 8 nitrogen and oxygen atoms in total. The van der Waals surface area contributed by atoms with E-state index in [1.54, 1.807) is 104 Å². The summed E-state index contributed by atoms with van der Waals surface area (Å²) in [5.74, 6) is 4.03. The van der Waals surface area contributed by atoms with Gasteiger partial charge in [0.1, 0.15) is 40.2 Å². The second kappa shape index (κ2) is 15.3. The molecule has 0 saturated carbocycles.